The third kappa shape index (κ3) is 2.87. The van der Waals surface area contributed by atoms with Crippen LogP contribution in [0.5, 0.6) is 0 Å². The number of carbonyl (C=O) groups excluding carboxylic acids is 1. The van der Waals surface area contributed by atoms with Crippen LogP contribution in [0, 0.1) is 13.8 Å². The molecule has 0 saturated carbocycles. The van der Waals surface area contributed by atoms with Crippen molar-refractivity contribution in [1.82, 2.24) is 9.71 Å². The zero-order chi connectivity index (χ0) is 16.8. The molecule has 2 aromatic rings. The molecule has 0 bridgehead atoms. The number of benzene rings is 1. The second-order valence-corrected chi connectivity index (χ2v) is 7.25. The summed E-state index contributed by atoms with van der Waals surface area (Å²) in [6, 6.07) is 4.69. The van der Waals surface area contributed by atoms with Crippen molar-refractivity contribution in [1.29, 1.82) is 0 Å². The van der Waals surface area contributed by atoms with Gasteiger partial charge in [0, 0.05) is 19.7 Å². The number of hydrogen-bond acceptors (Lipinski definition) is 5. The average molecular weight is 335 g/mol. The van der Waals surface area contributed by atoms with E-state index in [-0.39, 0.29) is 23.8 Å². The van der Waals surface area contributed by atoms with Crippen LogP contribution in [0.2, 0.25) is 0 Å². The summed E-state index contributed by atoms with van der Waals surface area (Å²) in [6.45, 7) is 3.50. The van der Waals surface area contributed by atoms with Gasteiger partial charge in [-0.15, -0.1) is 0 Å². The lowest BCUT2D eigenvalue weighted by atomic mass is 10.2. The molecule has 8 heteroatoms. The number of anilines is 1. The van der Waals surface area contributed by atoms with E-state index in [2.05, 4.69) is 9.71 Å². The third-order valence-electron chi connectivity index (χ3n) is 3.86. The molecule has 0 spiro atoms. The standard InChI is InChI=1S/C15H17N3O4S/c1-9-14(22-10(2)17-9)8-16-23(20,21)12-4-5-13-11(6-12)7-15(19)18(13)3/h4-6,16H,7-8H2,1-3H3. The fourth-order valence-corrected chi connectivity index (χ4v) is 3.63. The van der Waals surface area contributed by atoms with Gasteiger partial charge in [-0.05, 0) is 30.7 Å². The van der Waals surface area contributed by atoms with Gasteiger partial charge in [-0.3, -0.25) is 4.79 Å². The Kier molecular flexibility index (Phi) is 3.73. The molecule has 0 radical (unpaired) electrons. The molecule has 1 N–H and O–H groups in total. The first-order valence-corrected chi connectivity index (χ1v) is 8.58. The van der Waals surface area contributed by atoms with Gasteiger partial charge in [0.25, 0.3) is 0 Å². The van der Waals surface area contributed by atoms with E-state index in [0.29, 0.717) is 22.9 Å². The maximum absolute atomic E-state index is 12.4. The number of fused-ring (bicyclic) bond motifs is 1. The Morgan fingerprint density at radius 1 is 1.35 bits per heavy atom. The van der Waals surface area contributed by atoms with Crippen molar-refractivity contribution in [2.45, 2.75) is 31.7 Å². The van der Waals surface area contributed by atoms with Gasteiger partial charge in [-0.25, -0.2) is 18.1 Å². The maximum Gasteiger partial charge on any atom is 0.240 e. The van der Waals surface area contributed by atoms with E-state index in [1.54, 1.807) is 27.0 Å². The van der Waals surface area contributed by atoms with Crippen molar-refractivity contribution in [3.8, 4) is 0 Å². The highest BCUT2D eigenvalue weighted by Crippen LogP contribution is 2.29. The van der Waals surface area contributed by atoms with Crippen LogP contribution in [0.25, 0.3) is 0 Å². The zero-order valence-corrected chi connectivity index (χ0v) is 13.9. The summed E-state index contributed by atoms with van der Waals surface area (Å²) in [4.78, 5) is 17.4. The molecule has 0 atom stereocenters. The van der Waals surface area contributed by atoms with Crippen molar-refractivity contribution in [3.63, 3.8) is 0 Å². The SMILES string of the molecule is Cc1nc(C)c(CNS(=O)(=O)c2ccc3c(c2)CC(=O)N3C)o1. The molecule has 0 saturated heterocycles. The van der Waals surface area contributed by atoms with E-state index < -0.39 is 10.0 Å². The highest BCUT2D eigenvalue weighted by atomic mass is 32.2. The van der Waals surface area contributed by atoms with Gasteiger partial charge in [0.05, 0.1) is 23.6 Å². The molecule has 1 aliphatic heterocycles. The lowest BCUT2D eigenvalue weighted by Crippen LogP contribution is -2.23. The largest absolute Gasteiger partial charge is 0.444 e. The Balaban J connectivity index is 1.82. The maximum atomic E-state index is 12.4. The minimum atomic E-state index is -3.69. The molecule has 3 rings (SSSR count). The van der Waals surface area contributed by atoms with Gasteiger partial charge in [0.15, 0.2) is 5.89 Å². The summed E-state index contributed by atoms with van der Waals surface area (Å²) < 4.78 is 32.7. The predicted molar refractivity (Wildman–Crippen MR) is 83.6 cm³/mol. The van der Waals surface area contributed by atoms with Crippen LogP contribution in [-0.4, -0.2) is 26.4 Å². The molecule has 2 heterocycles. The van der Waals surface area contributed by atoms with Crippen LogP contribution >= 0.6 is 0 Å². The van der Waals surface area contributed by atoms with Crippen molar-refractivity contribution in [2.75, 3.05) is 11.9 Å². The summed E-state index contributed by atoms with van der Waals surface area (Å²) in [5.74, 6) is 0.938. The normalized spacial score (nSPS) is 14.4. The lowest BCUT2D eigenvalue weighted by molar-refractivity contribution is -0.117. The van der Waals surface area contributed by atoms with E-state index in [1.165, 1.54) is 17.0 Å². The number of amides is 1. The van der Waals surface area contributed by atoms with Crippen molar-refractivity contribution >= 4 is 21.6 Å². The van der Waals surface area contributed by atoms with E-state index >= 15 is 0 Å². The van der Waals surface area contributed by atoms with Gasteiger partial charge >= 0.3 is 0 Å². The van der Waals surface area contributed by atoms with E-state index in [0.717, 1.165) is 5.69 Å². The number of aryl methyl sites for hydroxylation is 2. The first-order valence-electron chi connectivity index (χ1n) is 7.10. The second kappa shape index (κ2) is 5.47. The number of nitrogens with one attached hydrogen (secondary N) is 1. The molecule has 1 aliphatic rings. The number of nitrogens with zero attached hydrogens (tertiary/aromatic N) is 2. The van der Waals surface area contributed by atoms with Crippen LogP contribution in [0.4, 0.5) is 5.69 Å². The number of aromatic nitrogens is 1. The molecular weight excluding hydrogens is 318 g/mol. The van der Waals surface area contributed by atoms with E-state index in [4.69, 9.17) is 4.42 Å². The molecule has 1 aromatic heterocycles. The van der Waals surface area contributed by atoms with Crippen LogP contribution in [-0.2, 0) is 27.8 Å². The Labute approximate surface area is 134 Å². The molecule has 0 fully saturated rings. The molecule has 0 unspecified atom stereocenters. The summed E-state index contributed by atoms with van der Waals surface area (Å²) in [5.41, 5.74) is 2.12. The Morgan fingerprint density at radius 2 is 2.09 bits per heavy atom. The topological polar surface area (TPSA) is 92.5 Å². The summed E-state index contributed by atoms with van der Waals surface area (Å²) in [6.07, 6.45) is 0.218. The highest BCUT2D eigenvalue weighted by molar-refractivity contribution is 7.89. The summed E-state index contributed by atoms with van der Waals surface area (Å²) in [5, 5.41) is 0. The quantitative estimate of drug-likeness (QED) is 0.909. The van der Waals surface area contributed by atoms with Gasteiger partial charge in [0.1, 0.15) is 5.76 Å². The van der Waals surface area contributed by atoms with E-state index in [1.807, 2.05) is 0 Å². The molecule has 1 amide bonds. The minimum Gasteiger partial charge on any atom is -0.444 e. The monoisotopic (exact) mass is 335 g/mol. The van der Waals surface area contributed by atoms with E-state index in [9.17, 15) is 13.2 Å². The number of hydrogen-bond donors (Lipinski definition) is 1. The van der Waals surface area contributed by atoms with Gasteiger partial charge in [-0.1, -0.05) is 0 Å². The number of carbonyl (C=O) groups is 1. The lowest BCUT2D eigenvalue weighted by Gasteiger charge is -2.11. The number of oxazole rings is 1. The Hall–Kier alpha value is -2.19. The molecule has 0 aliphatic carbocycles. The number of likely N-dealkylation sites (N-methyl/N-ethyl adjacent to an activating group) is 1. The second-order valence-electron chi connectivity index (χ2n) is 5.49. The molecular formula is C15H17N3O4S. The van der Waals surface area contributed by atoms with Gasteiger partial charge < -0.3 is 9.32 Å². The number of rotatable bonds is 4. The average Bonchev–Trinajstić information content (AvgIpc) is 2.96. The van der Waals surface area contributed by atoms with Crippen LogP contribution in [0.15, 0.2) is 27.5 Å². The predicted octanol–water partition coefficient (Wildman–Crippen LogP) is 1.29. The molecule has 7 nitrogen and oxygen atoms in total. The first-order chi connectivity index (χ1) is 10.8. The van der Waals surface area contributed by atoms with Crippen LogP contribution in [0.1, 0.15) is 22.9 Å². The van der Waals surface area contributed by atoms with Gasteiger partial charge in [-0.2, -0.15) is 0 Å². The van der Waals surface area contributed by atoms with Crippen molar-refractivity contribution < 1.29 is 17.6 Å². The Morgan fingerprint density at radius 3 is 2.74 bits per heavy atom. The van der Waals surface area contributed by atoms with Crippen molar-refractivity contribution in [2.24, 2.45) is 0 Å². The fourth-order valence-electron chi connectivity index (χ4n) is 2.60. The van der Waals surface area contributed by atoms with Gasteiger partial charge in [0.2, 0.25) is 15.9 Å². The zero-order valence-electron chi connectivity index (χ0n) is 13.1. The van der Waals surface area contributed by atoms with Crippen LogP contribution < -0.4 is 9.62 Å². The van der Waals surface area contributed by atoms with Crippen molar-refractivity contribution in [3.05, 3.63) is 41.1 Å². The fraction of sp³-hybridized carbons (Fsp3) is 0.333. The number of sulfonamides is 1. The summed E-state index contributed by atoms with van der Waals surface area (Å²) in [7, 11) is -2.01. The minimum absolute atomic E-state index is 0.0327. The van der Waals surface area contributed by atoms with Crippen LogP contribution in [0.3, 0.4) is 0 Å². The summed E-state index contributed by atoms with van der Waals surface area (Å²) >= 11 is 0. The Bertz CT molecular complexity index is 886. The third-order valence-corrected chi connectivity index (χ3v) is 5.26. The molecule has 122 valence electrons. The molecule has 1 aromatic carbocycles. The first kappa shape index (κ1) is 15.7. The smallest absolute Gasteiger partial charge is 0.240 e. The molecule has 23 heavy (non-hydrogen) atoms. The highest BCUT2D eigenvalue weighted by Gasteiger charge is 2.26.